The molecule has 0 unspecified atom stereocenters. The molecule has 2 amide bonds. The number of rotatable bonds is 4. The number of amides is 2. The maximum absolute atomic E-state index is 13.6. The summed E-state index contributed by atoms with van der Waals surface area (Å²) in [5.74, 6) is 1.15. The molecule has 1 N–H and O–H groups in total. The molecule has 0 saturated carbocycles. The van der Waals surface area contributed by atoms with Crippen molar-refractivity contribution in [2.45, 2.75) is 44.9 Å². The van der Waals surface area contributed by atoms with Gasteiger partial charge in [0, 0.05) is 42.0 Å². The molecule has 36 heavy (non-hydrogen) atoms. The number of nitrogens with one attached hydrogen (secondary N) is 1. The van der Waals surface area contributed by atoms with Crippen LogP contribution in [0, 0.1) is 5.92 Å². The molecule has 186 valence electrons. The van der Waals surface area contributed by atoms with E-state index in [2.05, 4.69) is 5.32 Å². The summed E-state index contributed by atoms with van der Waals surface area (Å²) < 4.78 is 12.7. The van der Waals surface area contributed by atoms with Gasteiger partial charge < -0.3 is 19.7 Å². The maximum Gasteiger partial charge on any atom is 0.274 e. The Kier molecular flexibility index (Phi) is 6.09. The highest BCUT2D eigenvalue weighted by Gasteiger charge is 2.32. The van der Waals surface area contributed by atoms with Crippen molar-refractivity contribution in [3.05, 3.63) is 65.5 Å². The van der Waals surface area contributed by atoms with Crippen molar-refractivity contribution in [3.63, 3.8) is 0 Å². The number of nitrogens with zero attached hydrogens (tertiary/aromatic N) is 3. The number of anilines is 1. The number of carbonyl (C=O) groups excluding carboxylic acids is 2. The molecule has 1 fully saturated rings. The predicted octanol–water partition coefficient (Wildman–Crippen LogP) is 4.36. The smallest absolute Gasteiger partial charge is 0.274 e. The first-order chi connectivity index (χ1) is 17.7. The average Bonchev–Trinajstić information content (AvgIpc) is 3.45. The summed E-state index contributed by atoms with van der Waals surface area (Å²) in [6.07, 6.45) is 6.44. The van der Waals surface area contributed by atoms with Crippen molar-refractivity contribution >= 4 is 17.5 Å². The quantitative estimate of drug-likeness (QED) is 0.554. The fourth-order valence-corrected chi connectivity index (χ4v) is 5.44. The van der Waals surface area contributed by atoms with Crippen LogP contribution in [0.1, 0.15) is 53.8 Å². The third-order valence-corrected chi connectivity index (χ3v) is 7.43. The van der Waals surface area contributed by atoms with E-state index >= 15 is 0 Å². The summed E-state index contributed by atoms with van der Waals surface area (Å²) in [6.45, 7) is 1.29. The molecule has 8 nitrogen and oxygen atoms in total. The topological polar surface area (TPSA) is 85.7 Å². The van der Waals surface area contributed by atoms with E-state index in [1.807, 2.05) is 46.0 Å². The van der Waals surface area contributed by atoms with Crippen LogP contribution in [0.4, 0.5) is 5.69 Å². The van der Waals surface area contributed by atoms with Gasteiger partial charge in [-0.3, -0.25) is 9.59 Å². The molecule has 1 saturated heterocycles. The molecule has 8 heteroatoms. The summed E-state index contributed by atoms with van der Waals surface area (Å²) in [6, 6.07) is 15.5. The second-order valence-electron chi connectivity index (χ2n) is 9.71. The molecule has 1 aromatic heterocycles. The van der Waals surface area contributed by atoms with Gasteiger partial charge >= 0.3 is 0 Å². The van der Waals surface area contributed by atoms with E-state index in [9.17, 15) is 9.59 Å². The van der Waals surface area contributed by atoms with Gasteiger partial charge in [-0.05, 0) is 62.8 Å². The summed E-state index contributed by atoms with van der Waals surface area (Å²) in [7, 11) is 0. The molecule has 3 aromatic rings. The largest absolute Gasteiger partial charge is 0.454 e. The minimum absolute atomic E-state index is 0.0162. The summed E-state index contributed by atoms with van der Waals surface area (Å²) in [5, 5.41) is 7.83. The van der Waals surface area contributed by atoms with E-state index in [0.29, 0.717) is 48.8 Å². The van der Waals surface area contributed by atoms with E-state index in [-0.39, 0.29) is 24.5 Å². The van der Waals surface area contributed by atoms with Crippen LogP contribution in [-0.2, 0) is 17.6 Å². The molecule has 0 bridgehead atoms. The molecule has 0 spiro atoms. The highest BCUT2D eigenvalue weighted by atomic mass is 16.7. The lowest BCUT2D eigenvalue weighted by molar-refractivity contribution is -0.121. The third kappa shape index (κ3) is 4.32. The third-order valence-electron chi connectivity index (χ3n) is 7.43. The molecule has 1 aliphatic carbocycles. The number of likely N-dealkylation sites (tertiary alicyclic amines) is 1. The van der Waals surface area contributed by atoms with Gasteiger partial charge in [0.25, 0.3) is 5.91 Å². The van der Waals surface area contributed by atoms with Gasteiger partial charge in [-0.25, -0.2) is 4.68 Å². The van der Waals surface area contributed by atoms with Gasteiger partial charge in [-0.1, -0.05) is 24.6 Å². The van der Waals surface area contributed by atoms with Gasteiger partial charge in [0.15, 0.2) is 17.2 Å². The summed E-state index contributed by atoms with van der Waals surface area (Å²) >= 11 is 0. The zero-order valence-corrected chi connectivity index (χ0v) is 20.2. The minimum atomic E-state index is -0.140. The van der Waals surface area contributed by atoms with E-state index in [1.54, 1.807) is 12.1 Å². The summed E-state index contributed by atoms with van der Waals surface area (Å²) in [4.78, 5) is 28.4. The Hall–Kier alpha value is -3.81. The second kappa shape index (κ2) is 9.68. The Labute approximate surface area is 210 Å². The van der Waals surface area contributed by atoms with Gasteiger partial charge in [0.2, 0.25) is 12.7 Å². The number of fused-ring (bicyclic) bond motifs is 2. The first kappa shape index (κ1) is 22.6. The van der Waals surface area contributed by atoms with Crippen LogP contribution in [-0.4, -0.2) is 46.4 Å². The van der Waals surface area contributed by atoms with Crippen molar-refractivity contribution in [1.82, 2.24) is 14.7 Å². The monoisotopic (exact) mass is 486 g/mol. The lowest BCUT2D eigenvalue weighted by Crippen LogP contribution is -2.42. The highest BCUT2D eigenvalue weighted by Crippen LogP contribution is 2.35. The molecule has 2 aromatic carbocycles. The fourth-order valence-electron chi connectivity index (χ4n) is 5.44. The van der Waals surface area contributed by atoms with Crippen LogP contribution in [0.5, 0.6) is 11.5 Å². The zero-order valence-electron chi connectivity index (χ0n) is 20.2. The number of piperidine rings is 1. The highest BCUT2D eigenvalue weighted by molar-refractivity contribution is 5.95. The van der Waals surface area contributed by atoms with Crippen LogP contribution in [0.25, 0.3) is 5.69 Å². The Morgan fingerprint density at radius 3 is 2.53 bits per heavy atom. The first-order valence-corrected chi connectivity index (χ1v) is 12.8. The van der Waals surface area contributed by atoms with E-state index in [1.165, 1.54) is 12.1 Å². The number of benzene rings is 2. The minimum Gasteiger partial charge on any atom is -0.454 e. The zero-order chi connectivity index (χ0) is 24.5. The molecular weight excluding hydrogens is 456 g/mol. The Balaban J connectivity index is 1.14. The number of carbonyl (C=O) groups is 2. The van der Waals surface area contributed by atoms with Crippen molar-refractivity contribution in [3.8, 4) is 17.2 Å². The van der Waals surface area contributed by atoms with Gasteiger partial charge in [-0.15, -0.1) is 0 Å². The van der Waals surface area contributed by atoms with Crippen LogP contribution in [0.3, 0.4) is 0 Å². The predicted molar refractivity (Wildman–Crippen MR) is 135 cm³/mol. The number of para-hydroxylation sites is 1. The normalized spacial score (nSPS) is 17.4. The van der Waals surface area contributed by atoms with Crippen LogP contribution in [0.2, 0.25) is 0 Å². The van der Waals surface area contributed by atoms with Crippen LogP contribution >= 0.6 is 0 Å². The van der Waals surface area contributed by atoms with Gasteiger partial charge in [-0.2, -0.15) is 5.10 Å². The lowest BCUT2D eigenvalue weighted by Gasteiger charge is -2.31. The molecule has 6 rings (SSSR count). The molecule has 3 aliphatic rings. The van der Waals surface area contributed by atoms with Gasteiger partial charge in [0.05, 0.1) is 5.69 Å². The fraction of sp³-hybridized carbons (Fsp3) is 0.393. The van der Waals surface area contributed by atoms with Crippen LogP contribution < -0.4 is 14.8 Å². The number of ether oxygens (including phenoxy) is 2. The molecule has 3 heterocycles. The van der Waals surface area contributed by atoms with Crippen molar-refractivity contribution in [2.75, 3.05) is 25.2 Å². The number of aromatic nitrogens is 2. The Morgan fingerprint density at radius 1 is 0.917 bits per heavy atom. The SMILES string of the molecule is O=C(Nc1ccc2c(c1)OCO2)C1CCN(C(=O)c2nn(-c3ccccc3)c3c2CCCCC3)CC1. The number of hydrogen-bond acceptors (Lipinski definition) is 5. The van der Waals surface area contributed by atoms with E-state index in [4.69, 9.17) is 14.6 Å². The second-order valence-corrected chi connectivity index (χ2v) is 9.71. The molecular formula is C28H30N4O4. The average molecular weight is 487 g/mol. The van der Waals surface area contributed by atoms with E-state index in [0.717, 1.165) is 36.9 Å². The van der Waals surface area contributed by atoms with Crippen molar-refractivity contribution < 1.29 is 19.1 Å². The lowest BCUT2D eigenvalue weighted by atomic mass is 9.95. The first-order valence-electron chi connectivity index (χ1n) is 12.8. The van der Waals surface area contributed by atoms with E-state index < -0.39 is 0 Å². The molecule has 0 atom stereocenters. The summed E-state index contributed by atoms with van der Waals surface area (Å²) in [5.41, 5.74) is 4.54. The molecule has 2 aliphatic heterocycles. The van der Waals surface area contributed by atoms with Crippen molar-refractivity contribution in [1.29, 1.82) is 0 Å². The molecule has 0 radical (unpaired) electrons. The van der Waals surface area contributed by atoms with Crippen molar-refractivity contribution in [2.24, 2.45) is 5.92 Å². The maximum atomic E-state index is 13.6. The standard InChI is InChI=1S/C28H30N4O4/c33-27(29-20-11-12-24-25(17-20)36-18-35-24)19-13-15-31(16-14-19)28(34)26-22-9-5-2-6-10-23(22)32(30-26)21-7-3-1-4-8-21/h1,3-4,7-8,11-12,17,19H,2,5-6,9-10,13-16,18H2,(H,29,33). The Bertz CT molecular complexity index is 1280. The van der Waals surface area contributed by atoms with Crippen LogP contribution in [0.15, 0.2) is 48.5 Å². The Morgan fingerprint density at radius 2 is 1.69 bits per heavy atom. The number of hydrogen-bond donors (Lipinski definition) is 1. The van der Waals surface area contributed by atoms with Gasteiger partial charge in [0.1, 0.15) is 0 Å².